The Labute approximate surface area is 114 Å². The first-order valence-corrected chi connectivity index (χ1v) is 7.71. The Hall–Kier alpha value is -0.510. The first kappa shape index (κ1) is 13.9. The zero-order valence-corrected chi connectivity index (χ0v) is 12.0. The van der Waals surface area contributed by atoms with Crippen molar-refractivity contribution in [3.05, 3.63) is 29.8 Å². The van der Waals surface area contributed by atoms with E-state index in [0.717, 1.165) is 19.4 Å². The summed E-state index contributed by atoms with van der Waals surface area (Å²) in [4.78, 5) is 3.90. The van der Waals surface area contributed by atoms with Crippen LogP contribution in [0, 0.1) is 0 Å². The third kappa shape index (κ3) is 4.01. The molecule has 1 aliphatic rings. The van der Waals surface area contributed by atoms with Crippen molar-refractivity contribution in [1.82, 2.24) is 4.90 Å². The lowest BCUT2D eigenvalue weighted by Gasteiger charge is -2.20. The maximum atomic E-state index is 8.74. The molecule has 1 N–H and O–H groups in total. The van der Waals surface area contributed by atoms with Crippen LogP contribution in [-0.2, 0) is 6.42 Å². The second-order valence-electron chi connectivity index (χ2n) is 5.10. The smallest absolute Gasteiger partial charge is 0.0431 e. The minimum Gasteiger partial charge on any atom is -0.396 e. The largest absolute Gasteiger partial charge is 0.396 e. The zero-order valence-electron chi connectivity index (χ0n) is 11.1. The number of nitrogens with zero attached hydrogens (tertiary/aromatic N) is 1. The van der Waals surface area contributed by atoms with E-state index in [1.165, 1.54) is 29.8 Å². The van der Waals surface area contributed by atoms with Crippen LogP contribution in [0.15, 0.2) is 29.2 Å². The van der Waals surface area contributed by atoms with Gasteiger partial charge in [-0.15, -0.1) is 11.8 Å². The lowest BCUT2D eigenvalue weighted by Crippen LogP contribution is -2.28. The van der Waals surface area contributed by atoms with Crippen LogP contribution < -0.4 is 0 Å². The summed E-state index contributed by atoms with van der Waals surface area (Å²) >= 11 is 2.03. The van der Waals surface area contributed by atoms with Crippen molar-refractivity contribution in [2.45, 2.75) is 35.8 Å². The molecule has 0 bridgehead atoms. The second kappa shape index (κ2) is 7.17. The Kier molecular flexibility index (Phi) is 5.54. The number of hydrogen-bond acceptors (Lipinski definition) is 3. The van der Waals surface area contributed by atoms with E-state index >= 15 is 0 Å². The summed E-state index contributed by atoms with van der Waals surface area (Å²) in [6, 6.07) is 8.76. The van der Waals surface area contributed by atoms with Crippen LogP contribution in [0.25, 0.3) is 0 Å². The minimum atomic E-state index is 0.331. The zero-order chi connectivity index (χ0) is 12.8. The molecular weight excluding hydrogens is 242 g/mol. The van der Waals surface area contributed by atoms with Gasteiger partial charge in [0.05, 0.1) is 0 Å². The van der Waals surface area contributed by atoms with Crippen LogP contribution in [0.4, 0.5) is 0 Å². The maximum absolute atomic E-state index is 8.74. The molecule has 0 saturated carbocycles. The molecule has 1 aromatic rings. The molecule has 0 fully saturated rings. The van der Waals surface area contributed by atoms with Gasteiger partial charge in [0, 0.05) is 23.3 Å². The van der Waals surface area contributed by atoms with Crippen molar-refractivity contribution in [1.29, 1.82) is 0 Å². The quantitative estimate of drug-likeness (QED) is 0.767. The van der Waals surface area contributed by atoms with E-state index in [2.05, 4.69) is 36.2 Å². The summed E-state index contributed by atoms with van der Waals surface area (Å²) in [5, 5.41) is 9.46. The molecule has 1 atom stereocenters. The highest BCUT2D eigenvalue weighted by molar-refractivity contribution is 8.00. The highest BCUT2D eigenvalue weighted by Crippen LogP contribution is 2.36. The topological polar surface area (TPSA) is 23.5 Å². The number of rotatable bonds is 7. The van der Waals surface area contributed by atoms with E-state index < -0.39 is 0 Å². The lowest BCUT2D eigenvalue weighted by atomic mass is 10.1. The number of aliphatic hydroxyl groups excluding tert-OH is 1. The molecule has 0 aromatic heterocycles. The molecule has 0 saturated heterocycles. The van der Waals surface area contributed by atoms with Crippen molar-refractivity contribution >= 4 is 11.8 Å². The molecule has 0 radical (unpaired) electrons. The van der Waals surface area contributed by atoms with E-state index in [1.807, 2.05) is 11.8 Å². The van der Waals surface area contributed by atoms with Crippen molar-refractivity contribution in [3.8, 4) is 0 Å². The number of thioether (sulfide) groups is 1. The van der Waals surface area contributed by atoms with Crippen LogP contribution in [0.1, 0.15) is 24.8 Å². The Morgan fingerprint density at radius 3 is 2.89 bits per heavy atom. The van der Waals surface area contributed by atoms with Gasteiger partial charge in [-0.05, 0) is 50.9 Å². The molecule has 18 heavy (non-hydrogen) atoms. The van der Waals surface area contributed by atoms with Gasteiger partial charge in [0.15, 0.2) is 0 Å². The highest BCUT2D eigenvalue weighted by Gasteiger charge is 2.22. The fourth-order valence-corrected chi connectivity index (χ4v) is 3.88. The van der Waals surface area contributed by atoms with Gasteiger partial charge in [-0.3, -0.25) is 0 Å². The van der Waals surface area contributed by atoms with Crippen molar-refractivity contribution in [3.63, 3.8) is 0 Å². The maximum Gasteiger partial charge on any atom is 0.0431 e. The molecule has 2 nitrogen and oxygen atoms in total. The number of unbranched alkanes of at least 4 members (excludes halogenated alkanes) is 2. The monoisotopic (exact) mass is 265 g/mol. The molecule has 3 heteroatoms. The van der Waals surface area contributed by atoms with Crippen LogP contribution >= 0.6 is 11.8 Å². The molecule has 1 heterocycles. The molecule has 1 aromatic carbocycles. The van der Waals surface area contributed by atoms with E-state index in [1.54, 1.807) is 0 Å². The number of aliphatic hydroxyl groups is 1. The van der Waals surface area contributed by atoms with Crippen molar-refractivity contribution in [2.75, 3.05) is 26.7 Å². The van der Waals surface area contributed by atoms with Gasteiger partial charge in [-0.2, -0.15) is 0 Å². The molecule has 0 amide bonds. The van der Waals surface area contributed by atoms with Gasteiger partial charge in [0.25, 0.3) is 0 Å². The normalized spacial score (nSPS) is 18.3. The summed E-state index contributed by atoms with van der Waals surface area (Å²) < 4.78 is 0. The van der Waals surface area contributed by atoms with Gasteiger partial charge in [0.2, 0.25) is 0 Å². The van der Waals surface area contributed by atoms with E-state index in [-0.39, 0.29) is 0 Å². The van der Waals surface area contributed by atoms with Crippen LogP contribution in [0.3, 0.4) is 0 Å². The Morgan fingerprint density at radius 1 is 1.28 bits per heavy atom. The predicted molar refractivity (Wildman–Crippen MR) is 78.2 cm³/mol. The molecule has 0 aliphatic carbocycles. The average molecular weight is 265 g/mol. The van der Waals surface area contributed by atoms with Crippen LogP contribution in [0.2, 0.25) is 0 Å². The Balaban J connectivity index is 1.69. The summed E-state index contributed by atoms with van der Waals surface area (Å²) in [6.07, 6.45) is 4.49. The van der Waals surface area contributed by atoms with Gasteiger partial charge in [-0.1, -0.05) is 18.2 Å². The van der Waals surface area contributed by atoms with Gasteiger partial charge in [-0.25, -0.2) is 0 Å². The standard InChI is InChI=1S/C15H23NOS/c1-16(9-5-2-6-10-17)12-14-11-13-7-3-4-8-15(13)18-14/h3-4,7-8,14,17H,2,5-6,9-12H2,1H3. The van der Waals surface area contributed by atoms with E-state index in [0.29, 0.717) is 11.9 Å². The van der Waals surface area contributed by atoms with Crippen LogP contribution in [0.5, 0.6) is 0 Å². The average Bonchev–Trinajstić information content (AvgIpc) is 2.76. The molecule has 1 aliphatic heterocycles. The third-order valence-corrected chi connectivity index (χ3v) is 4.73. The first-order valence-electron chi connectivity index (χ1n) is 6.83. The van der Waals surface area contributed by atoms with Gasteiger partial charge < -0.3 is 10.0 Å². The second-order valence-corrected chi connectivity index (χ2v) is 6.44. The minimum absolute atomic E-state index is 0.331. The number of benzene rings is 1. The van der Waals surface area contributed by atoms with Crippen molar-refractivity contribution < 1.29 is 5.11 Å². The van der Waals surface area contributed by atoms with E-state index in [4.69, 9.17) is 5.11 Å². The molecule has 100 valence electrons. The summed E-state index contributed by atoms with van der Waals surface area (Å²) in [6.45, 7) is 2.64. The lowest BCUT2D eigenvalue weighted by molar-refractivity contribution is 0.273. The molecule has 0 spiro atoms. The molecule has 2 rings (SSSR count). The molecular formula is C15H23NOS. The highest BCUT2D eigenvalue weighted by atomic mass is 32.2. The third-order valence-electron chi connectivity index (χ3n) is 3.43. The fourth-order valence-electron chi connectivity index (χ4n) is 2.46. The summed E-state index contributed by atoms with van der Waals surface area (Å²) in [5.41, 5.74) is 1.51. The summed E-state index contributed by atoms with van der Waals surface area (Å²) in [7, 11) is 2.21. The fraction of sp³-hybridized carbons (Fsp3) is 0.600. The number of hydrogen-bond donors (Lipinski definition) is 1. The van der Waals surface area contributed by atoms with Crippen molar-refractivity contribution in [2.24, 2.45) is 0 Å². The summed E-state index contributed by atoms with van der Waals surface area (Å²) in [5.74, 6) is 0. The predicted octanol–water partition coefficient (Wildman–Crippen LogP) is 2.80. The van der Waals surface area contributed by atoms with Crippen LogP contribution in [-0.4, -0.2) is 42.0 Å². The SMILES string of the molecule is CN(CCCCCO)CC1Cc2ccccc2S1. The number of fused-ring (bicyclic) bond motifs is 1. The molecule has 1 unspecified atom stereocenters. The van der Waals surface area contributed by atoms with E-state index in [9.17, 15) is 0 Å². The Bertz CT molecular complexity index is 344. The van der Waals surface area contributed by atoms with Gasteiger partial charge >= 0.3 is 0 Å². The Morgan fingerprint density at radius 2 is 2.11 bits per heavy atom. The first-order chi connectivity index (χ1) is 8.79. The van der Waals surface area contributed by atoms with Gasteiger partial charge in [0.1, 0.15) is 0 Å².